The molecule has 0 unspecified atom stereocenters. The van der Waals surface area contributed by atoms with E-state index in [-0.39, 0.29) is 6.61 Å². The number of hydrogen-bond donors (Lipinski definition) is 1. The Labute approximate surface area is 114 Å². The average Bonchev–Trinajstić information content (AvgIpc) is 2.52. The van der Waals surface area contributed by atoms with Gasteiger partial charge in [-0.15, -0.1) is 6.42 Å². The van der Waals surface area contributed by atoms with Crippen LogP contribution < -0.4 is 0 Å². The predicted molar refractivity (Wildman–Crippen MR) is 71.3 cm³/mol. The smallest absolute Gasteiger partial charge is 0.413 e. The van der Waals surface area contributed by atoms with Crippen LogP contribution in [0.3, 0.4) is 0 Å². The predicted octanol–water partition coefficient (Wildman–Crippen LogP) is 1.74. The molecule has 0 aliphatic carbocycles. The number of nitrogens with zero attached hydrogens (tertiary/aromatic N) is 1. The van der Waals surface area contributed by atoms with Gasteiger partial charge in [-0.3, -0.25) is 4.90 Å². The second kappa shape index (κ2) is 4.69. The molecular weight excluding hydrogens is 246 g/mol. The number of ether oxygens (including phenoxy) is 2. The Hall–Kier alpha value is -1.25. The topological polar surface area (TPSA) is 59.0 Å². The molecular formula is C14H23NO4. The highest BCUT2D eigenvalue weighted by Crippen LogP contribution is 2.34. The molecule has 0 aromatic rings. The standard InChI is InChI=1S/C14H23NO4/c1-8-14(7,17)10-9-18-13(5,6)15(10)11(16)19-12(2,3)4/h1,10,17H,9H2,2-7H3/t10-,14+/m1/s1. The van der Waals surface area contributed by atoms with Crippen molar-refractivity contribution in [1.82, 2.24) is 4.90 Å². The van der Waals surface area contributed by atoms with Crippen molar-refractivity contribution in [2.75, 3.05) is 6.61 Å². The Morgan fingerprint density at radius 3 is 2.42 bits per heavy atom. The molecule has 1 amide bonds. The van der Waals surface area contributed by atoms with Gasteiger partial charge in [0.2, 0.25) is 0 Å². The molecule has 1 fully saturated rings. The van der Waals surface area contributed by atoms with Crippen molar-refractivity contribution in [1.29, 1.82) is 0 Å². The largest absolute Gasteiger partial charge is 0.444 e. The van der Waals surface area contributed by atoms with Crippen LogP contribution in [0.4, 0.5) is 4.79 Å². The molecule has 5 heteroatoms. The van der Waals surface area contributed by atoms with Crippen molar-refractivity contribution in [3.63, 3.8) is 0 Å². The van der Waals surface area contributed by atoms with Gasteiger partial charge in [-0.05, 0) is 41.5 Å². The Morgan fingerprint density at radius 1 is 1.47 bits per heavy atom. The highest BCUT2D eigenvalue weighted by Gasteiger charge is 2.51. The first-order chi connectivity index (χ1) is 8.41. The molecule has 0 aromatic carbocycles. The highest BCUT2D eigenvalue weighted by molar-refractivity contribution is 5.70. The molecule has 1 heterocycles. The van der Waals surface area contributed by atoms with E-state index in [4.69, 9.17) is 15.9 Å². The first kappa shape index (κ1) is 15.8. The number of hydrogen-bond acceptors (Lipinski definition) is 4. The lowest BCUT2D eigenvalue weighted by Crippen LogP contribution is -2.56. The van der Waals surface area contributed by atoms with E-state index in [0.29, 0.717) is 0 Å². The van der Waals surface area contributed by atoms with Crippen LogP contribution in [0.2, 0.25) is 0 Å². The summed E-state index contributed by atoms with van der Waals surface area (Å²) in [5.74, 6) is 2.29. The van der Waals surface area contributed by atoms with Gasteiger partial charge in [0.05, 0.1) is 6.61 Å². The maximum absolute atomic E-state index is 12.3. The van der Waals surface area contributed by atoms with Gasteiger partial charge in [-0.25, -0.2) is 4.79 Å². The molecule has 19 heavy (non-hydrogen) atoms. The van der Waals surface area contributed by atoms with E-state index in [2.05, 4.69) is 5.92 Å². The van der Waals surface area contributed by atoms with Gasteiger partial charge in [-0.2, -0.15) is 0 Å². The first-order valence-corrected chi connectivity index (χ1v) is 6.27. The van der Waals surface area contributed by atoms with Crippen molar-refractivity contribution in [2.45, 2.75) is 64.5 Å². The Kier molecular flexibility index (Phi) is 3.91. The van der Waals surface area contributed by atoms with E-state index in [1.54, 1.807) is 34.6 Å². The van der Waals surface area contributed by atoms with Gasteiger partial charge in [-0.1, -0.05) is 5.92 Å². The average molecular weight is 269 g/mol. The normalized spacial score (nSPS) is 25.6. The lowest BCUT2D eigenvalue weighted by atomic mass is 9.97. The number of carbonyl (C=O) groups is 1. The second-order valence-corrected chi connectivity index (χ2v) is 6.42. The number of rotatable bonds is 1. The molecule has 0 aromatic heterocycles. The van der Waals surface area contributed by atoms with E-state index in [9.17, 15) is 9.90 Å². The molecule has 1 aliphatic rings. The van der Waals surface area contributed by atoms with E-state index in [1.165, 1.54) is 11.8 Å². The van der Waals surface area contributed by atoms with Crippen molar-refractivity contribution in [2.24, 2.45) is 0 Å². The number of carbonyl (C=O) groups excluding carboxylic acids is 1. The summed E-state index contributed by atoms with van der Waals surface area (Å²) in [6.07, 6.45) is 4.78. The van der Waals surface area contributed by atoms with Crippen LogP contribution in [-0.4, -0.2) is 45.7 Å². The molecule has 0 radical (unpaired) electrons. The van der Waals surface area contributed by atoms with Gasteiger partial charge in [0.15, 0.2) is 0 Å². The fourth-order valence-corrected chi connectivity index (χ4v) is 1.97. The highest BCUT2D eigenvalue weighted by atomic mass is 16.6. The minimum atomic E-state index is -1.47. The third kappa shape index (κ3) is 3.40. The fraction of sp³-hybridized carbons (Fsp3) is 0.786. The summed E-state index contributed by atoms with van der Waals surface area (Å²) in [5, 5.41) is 10.2. The number of aliphatic hydroxyl groups is 1. The summed E-state index contributed by atoms with van der Waals surface area (Å²) < 4.78 is 10.9. The molecule has 2 atom stereocenters. The summed E-state index contributed by atoms with van der Waals surface area (Å²) >= 11 is 0. The van der Waals surface area contributed by atoms with Crippen molar-refractivity contribution in [3.05, 3.63) is 0 Å². The van der Waals surface area contributed by atoms with Gasteiger partial charge in [0, 0.05) is 0 Å². The third-order valence-electron chi connectivity index (χ3n) is 3.02. The Balaban J connectivity index is 3.04. The van der Waals surface area contributed by atoms with E-state index in [0.717, 1.165) is 0 Å². The molecule has 1 N–H and O–H groups in total. The minimum Gasteiger partial charge on any atom is -0.444 e. The molecule has 5 nitrogen and oxygen atoms in total. The zero-order valence-electron chi connectivity index (χ0n) is 12.5. The zero-order chi connectivity index (χ0) is 15.1. The van der Waals surface area contributed by atoms with Crippen molar-refractivity contribution >= 4 is 6.09 Å². The summed E-state index contributed by atoms with van der Waals surface area (Å²) in [6, 6.07) is -0.637. The number of amides is 1. The fourth-order valence-electron chi connectivity index (χ4n) is 1.97. The van der Waals surface area contributed by atoms with Crippen LogP contribution in [0.25, 0.3) is 0 Å². The molecule has 0 bridgehead atoms. The maximum Gasteiger partial charge on any atom is 0.413 e. The summed E-state index contributed by atoms with van der Waals surface area (Å²) in [6.45, 7) is 10.5. The second-order valence-electron chi connectivity index (χ2n) is 6.42. The van der Waals surface area contributed by atoms with Crippen LogP contribution in [0, 0.1) is 12.3 Å². The SMILES string of the molecule is C#C[C@](C)(O)[C@H]1COC(C)(C)N1C(=O)OC(C)(C)C. The minimum absolute atomic E-state index is 0.170. The zero-order valence-corrected chi connectivity index (χ0v) is 12.5. The van der Waals surface area contributed by atoms with E-state index in [1.807, 2.05) is 0 Å². The van der Waals surface area contributed by atoms with Crippen LogP contribution in [-0.2, 0) is 9.47 Å². The lowest BCUT2D eigenvalue weighted by Gasteiger charge is -2.38. The quantitative estimate of drug-likeness (QED) is 0.737. The summed E-state index contributed by atoms with van der Waals surface area (Å²) in [5.41, 5.74) is -2.96. The van der Waals surface area contributed by atoms with Gasteiger partial charge in [0.25, 0.3) is 0 Å². The van der Waals surface area contributed by atoms with Gasteiger partial charge < -0.3 is 14.6 Å². The Morgan fingerprint density at radius 2 is 2.00 bits per heavy atom. The third-order valence-corrected chi connectivity index (χ3v) is 3.02. The van der Waals surface area contributed by atoms with Crippen LogP contribution >= 0.6 is 0 Å². The molecule has 1 aliphatic heterocycles. The van der Waals surface area contributed by atoms with Crippen molar-refractivity contribution < 1.29 is 19.4 Å². The maximum atomic E-state index is 12.3. The van der Waals surface area contributed by atoms with Gasteiger partial charge in [0.1, 0.15) is 23.0 Å². The Bertz CT molecular complexity index is 401. The van der Waals surface area contributed by atoms with Gasteiger partial charge >= 0.3 is 6.09 Å². The molecule has 1 rings (SSSR count). The molecule has 0 saturated carbocycles. The molecule has 0 spiro atoms. The monoisotopic (exact) mass is 269 g/mol. The van der Waals surface area contributed by atoms with Crippen molar-refractivity contribution in [3.8, 4) is 12.3 Å². The summed E-state index contributed by atoms with van der Waals surface area (Å²) in [4.78, 5) is 13.7. The first-order valence-electron chi connectivity index (χ1n) is 6.27. The summed E-state index contributed by atoms with van der Waals surface area (Å²) in [7, 11) is 0. The lowest BCUT2D eigenvalue weighted by molar-refractivity contribution is -0.0714. The molecule has 108 valence electrons. The van der Waals surface area contributed by atoms with Crippen LogP contribution in [0.15, 0.2) is 0 Å². The van der Waals surface area contributed by atoms with E-state index < -0.39 is 29.1 Å². The van der Waals surface area contributed by atoms with E-state index >= 15 is 0 Å². The number of terminal acetylenes is 1. The molecule has 1 saturated heterocycles. The van der Waals surface area contributed by atoms with Crippen LogP contribution in [0.1, 0.15) is 41.5 Å². The van der Waals surface area contributed by atoms with Crippen LogP contribution in [0.5, 0.6) is 0 Å².